The Morgan fingerprint density at radius 3 is 2.32 bits per heavy atom. The summed E-state index contributed by atoms with van der Waals surface area (Å²) in [5, 5.41) is 2.94. The van der Waals surface area contributed by atoms with E-state index in [-0.39, 0.29) is 11.4 Å². The molecular formula is C25H32N2O3S. The number of para-hydroxylation sites is 1. The molecule has 1 N–H and O–H groups in total. The summed E-state index contributed by atoms with van der Waals surface area (Å²) in [4.78, 5) is 13.2. The average Bonchev–Trinajstić information content (AvgIpc) is 2.78. The molecule has 0 aliphatic carbocycles. The van der Waals surface area contributed by atoms with Crippen LogP contribution in [0.5, 0.6) is 0 Å². The lowest BCUT2D eigenvalue weighted by Gasteiger charge is -2.33. The van der Waals surface area contributed by atoms with Crippen molar-refractivity contribution >= 4 is 27.2 Å². The molecule has 0 saturated heterocycles. The molecule has 2 aromatic carbocycles. The zero-order chi connectivity index (χ0) is 22.4. The molecule has 2 aromatic rings. The number of unbranched alkanes of at least 4 members (excludes halogenated alkanes) is 1. The van der Waals surface area contributed by atoms with Crippen molar-refractivity contribution in [1.29, 1.82) is 0 Å². The van der Waals surface area contributed by atoms with E-state index in [1.807, 2.05) is 48.5 Å². The number of benzene rings is 2. The molecule has 6 heteroatoms. The first-order valence-corrected chi connectivity index (χ1v) is 12.6. The van der Waals surface area contributed by atoms with Crippen molar-refractivity contribution in [2.45, 2.75) is 46.5 Å². The minimum atomic E-state index is -3.99. The molecule has 166 valence electrons. The number of amides is 1. The van der Waals surface area contributed by atoms with Gasteiger partial charge in [-0.15, -0.1) is 0 Å². The number of hydrogen-bond acceptors (Lipinski definition) is 3. The summed E-state index contributed by atoms with van der Waals surface area (Å²) in [6, 6.07) is 16.7. The lowest BCUT2D eigenvalue weighted by molar-refractivity contribution is -0.117. The highest BCUT2D eigenvalue weighted by molar-refractivity contribution is 7.97. The van der Waals surface area contributed by atoms with Crippen molar-refractivity contribution in [3.63, 3.8) is 0 Å². The monoisotopic (exact) mass is 440 g/mol. The maximum atomic E-state index is 13.6. The van der Waals surface area contributed by atoms with Gasteiger partial charge in [-0.1, -0.05) is 81.6 Å². The number of sulfonamides is 1. The Balaban J connectivity index is 2.12. The van der Waals surface area contributed by atoms with E-state index < -0.39 is 15.9 Å². The Hall–Kier alpha value is -2.60. The van der Waals surface area contributed by atoms with E-state index in [9.17, 15) is 13.2 Å². The molecule has 0 aromatic heterocycles. The highest BCUT2D eigenvalue weighted by Crippen LogP contribution is 2.42. The number of fused-ring (bicyclic) bond motifs is 1. The van der Waals surface area contributed by atoms with Crippen molar-refractivity contribution in [3.05, 3.63) is 70.6 Å². The quantitative estimate of drug-likeness (QED) is 0.600. The van der Waals surface area contributed by atoms with Crippen molar-refractivity contribution < 1.29 is 13.2 Å². The molecule has 0 radical (unpaired) electrons. The van der Waals surface area contributed by atoms with Crippen molar-refractivity contribution in [2.75, 3.05) is 17.4 Å². The Bertz CT molecular complexity index is 1050. The Kier molecular flexibility index (Phi) is 7.55. The van der Waals surface area contributed by atoms with E-state index >= 15 is 0 Å². The van der Waals surface area contributed by atoms with Crippen LogP contribution >= 0.6 is 0 Å². The van der Waals surface area contributed by atoms with E-state index in [4.69, 9.17) is 0 Å². The van der Waals surface area contributed by atoms with Gasteiger partial charge in [0.2, 0.25) is 0 Å². The molecule has 1 atom stereocenters. The smallest absolute Gasteiger partial charge is 0.270 e. The predicted octanol–water partition coefficient (Wildman–Crippen LogP) is 4.95. The van der Waals surface area contributed by atoms with Gasteiger partial charge in [-0.25, -0.2) is 8.42 Å². The van der Waals surface area contributed by atoms with E-state index in [2.05, 4.69) is 19.2 Å². The van der Waals surface area contributed by atoms with Crippen LogP contribution in [0.4, 0.5) is 5.69 Å². The summed E-state index contributed by atoms with van der Waals surface area (Å²) in [5.41, 5.74) is 2.56. The van der Waals surface area contributed by atoms with Gasteiger partial charge in [-0.3, -0.25) is 9.10 Å². The molecule has 0 spiro atoms. The number of carbonyl (C=O) groups is 1. The van der Waals surface area contributed by atoms with Gasteiger partial charge < -0.3 is 5.32 Å². The van der Waals surface area contributed by atoms with Crippen molar-refractivity contribution in [1.82, 2.24) is 5.32 Å². The van der Waals surface area contributed by atoms with Crippen LogP contribution in [0.1, 0.15) is 57.6 Å². The van der Waals surface area contributed by atoms with Crippen molar-refractivity contribution in [2.24, 2.45) is 5.92 Å². The van der Waals surface area contributed by atoms with E-state index in [1.54, 1.807) is 13.0 Å². The fraction of sp³-hybridized carbons (Fsp3) is 0.400. The van der Waals surface area contributed by atoms with Crippen molar-refractivity contribution in [3.8, 4) is 0 Å². The Morgan fingerprint density at radius 2 is 1.68 bits per heavy atom. The molecule has 5 nitrogen and oxygen atoms in total. The standard InChI is InChI=1S/C25H32N2O3S/c1-4-7-13-19(5-2)18-26-25(28)24-23(20-14-9-8-10-15-20)21-16-11-12-17-22(21)27(6-3)31(24,29)30/h8-12,14-17,19H,4-7,13,18H2,1-3H3,(H,26,28)/t19-/m1/s1. The third kappa shape index (κ3) is 4.69. The normalized spacial score (nSPS) is 16.0. The first kappa shape index (κ1) is 23.1. The second-order valence-electron chi connectivity index (χ2n) is 7.88. The fourth-order valence-electron chi connectivity index (χ4n) is 4.12. The SMILES string of the molecule is CCCC[C@@H](CC)CNC(=O)C1=C(c2ccccc2)c2ccccc2N(CC)S1(=O)=O. The van der Waals surface area contributed by atoms with Crippen LogP contribution in [0.2, 0.25) is 0 Å². The van der Waals surface area contributed by atoms with Crippen LogP contribution in [0.15, 0.2) is 59.5 Å². The second-order valence-corrected chi connectivity index (χ2v) is 9.68. The predicted molar refractivity (Wildman–Crippen MR) is 127 cm³/mol. The van der Waals surface area contributed by atoms with E-state index in [0.717, 1.165) is 36.8 Å². The van der Waals surface area contributed by atoms with Gasteiger partial charge in [0, 0.05) is 24.2 Å². The first-order valence-electron chi connectivity index (χ1n) is 11.2. The molecule has 0 bridgehead atoms. The summed E-state index contributed by atoms with van der Waals surface area (Å²) >= 11 is 0. The number of anilines is 1. The van der Waals surface area contributed by atoms with Crippen LogP contribution in [-0.4, -0.2) is 27.4 Å². The van der Waals surface area contributed by atoms with Crippen LogP contribution < -0.4 is 9.62 Å². The minimum Gasteiger partial charge on any atom is -0.351 e. The van der Waals surface area contributed by atoms with Gasteiger partial charge in [0.25, 0.3) is 15.9 Å². The first-order chi connectivity index (χ1) is 15.0. The Morgan fingerprint density at radius 1 is 1.00 bits per heavy atom. The molecule has 1 heterocycles. The summed E-state index contributed by atoms with van der Waals surface area (Å²) < 4.78 is 28.6. The number of hydrogen-bond donors (Lipinski definition) is 1. The summed E-state index contributed by atoms with van der Waals surface area (Å²) in [5.74, 6) is -0.188. The largest absolute Gasteiger partial charge is 0.351 e. The zero-order valence-electron chi connectivity index (χ0n) is 18.6. The highest BCUT2D eigenvalue weighted by atomic mass is 32.2. The maximum Gasteiger partial charge on any atom is 0.270 e. The number of rotatable bonds is 9. The lowest BCUT2D eigenvalue weighted by Crippen LogP contribution is -2.42. The van der Waals surface area contributed by atoms with Gasteiger partial charge in [-0.05, 0) is 30.9 Å². The molecule has 1 aliphatic rings. The van der Waals surface area contributed by atoms with E-state index in [1.165, 1.54) is 4.31 Å². The van der Waals surface area contributed by atoms with Crippen LogP contribution in [0, 0.1) is 5.92 Å². The van der Waals surface area contributed by atoms with Crippen LogP contribution in [0.3, 0.4) is 0 Å². The Labute approximate surface area is 186 Å². The molecule has 31 heavy (non-hydrogen) atoms. The third-order valence-corrected chi connectivity index (χ3v) is 7.81. The van der Waals surface area contributed by atoms with Crippen LogP contribution in [0.25, 0.3) is 5.57 Å². The van der Waals surface area contributed by atoms with Gasteiger partial charge >= 0.3 is 0 Å². The minimum absolute atomic E-state index is 0.162. The second kappa shape index (κ2) is 10.1. The zero-order valence-corrected chi connectivity index (χ0v) is 19.4. The van der Waals surface area contributed by atoms with Gasteiger partial charge in [0.05, 0.1) is 5.69 Å². The summed E-state index contributed by atoms with van der Waals surface area (Å²) in [6.45, 7) is 6.77. The van der Waals surface area contributed by atoms with Gasteiger partial charge in [0.1, 0.15) is 0 Å². The highest BCUT2D eigenvalue weighted by Gasteiger charge is 2.40. The van der Waals surface area contributed by atoms with Gasteiger partial charge in [-0.2, -0.15) is 0 Å². The molecule has 3 rings (SSSR count). The topological polar surface area (TPSA) is 66.5 Å². The molecule has 0 fully saturated rings. The van der Waals surface area contributed by atoms with Gasteiger partial charge in [0.15, 0.2) is 4.91 Å². The molecule has 1 aliphatic heterocycles. The van der Waals surface area contributed by atoms with Crippen LogP contribution in [-0.2, 0) is 14.8 Å². The molecule has 0 saturated carbocycles. The average molecular weight is 441 g/mol. The summed E-state index contributed by atoms with van der Waals surface area (Å²) in [6.07, 6.45) is 4.17. The summed E-state index contributed by atoms with van der Waals surface area (Å²) in [7, 11) is -3.99. The lowest BCUT2D eigenvalue weighted by atomic mass is 9.95. The van der Waals surface area contributed by atoms with E-state index in [0.29, 0.717) is 23.7 Å². The number of nitrogens with zero attached hydrogens (tertiary/aromatic N) is 1. The fourth-order valence-corrected chi connectivity index (χ4v) is 5.89. The third-order valence-electron chi connectivity index (χ3n) is 5.87. The number of carbonyl (C=O) groups excluding carboxylic acids is 1. The molecule has 0 unspecified atom stereocenters. The number of nitrogens with one attached hydrogen (secondary N) is 1. The molecular weight excluding hydrogens is 408 g/mol. The molecule has 1 amide bonds. The maximum absolute atomic E-state index is 13.6.